The van der Waals surface area contributed by atoms with Crippen molar-refractivity contribution < 1.29 is 4.79 Å². The lowest BCUT2D eigenvalue weighted by Gasteiger charge is -2.08. The fraction of sp³-hybridized carbons (Fsp3) is 0.188. The van der Waals surface area contributed by atoms with Gasteiger partial charge in [-0.2, -0.15) is 0 Å². The van der Waals surface area contributed by atoms with Crippen LogP contribution in [0.4, 0.5) is 5.69 Å². The van der Waals surface area contributed by atoms with Gasteiger partial charge >= 0.3 is 0 Å². The largest absolute Gasteiger partial charge is 0.321 e. The van der Waals surface area contributed by atoms with Crippen LogP contribution in [0.3, 0.4) is 0 Å². The van der Waals surface area contributed by atoms with Gasteiger partial charge in [0.2, 0.25) is 0 Å². The number of carbonyl (C=O) groups is 1. The summed E-state index contributed by atoms with van der Waals surface area (Å²) in [7, 11) is 0. The summed E-state index contributed by atoms with van der Waals surface area (Å²) in [4.78, 5) is 12.9. The van der Waals surface area contributed by atoms with Crippen LogP contribution >= 0.6 is 11.3 Å². The maximum Gasteiger partial charge on any atom is 0.267 e. The first-order chi connectivity index (χ1) is 9.61. The summed E-state index contributed by atoms with van der Waals surface area (Å²) in [5.74, 6) is 5.56. The van der Waals surface area contributed by atoms with Crippen LogP contribution in [0.1, 0.15) is 26.4 Å². The van der Waals surface area contributed by atoms with E-state index in [1.165, 1.54) is 16.9 Å². The molecule has 102 valence electrons. The molecule has 0 atom stereocenters. The maximum atomic E-state index is 12.3. The Hall–Kier alpha value is -2.09. The summed E-state index contributed by atoms with van der Waals surface area (Å²) in [6.07, 6.45) is 0. The number of benzene rings is 1. The van der Waals surface area contributed by atoms with Gasteiger partial charge in [0, 0.05) is 11.3 Å². The molecule has 20 heavy (non-hydrogen) atoms. The summed E-state index contributed by atoms with van der Waals surface area (Å²) in [5.41, 5.74) is 9.13. The lowest BCUT2D eigenvalue weighted by molar-refractivity contribution is 0.103. The number of carbonyl (C=O) groups excluding carboxylic acids is 1. The molecule has 0 aliphatic heterocycles. The minimum atomic E-state index is -0.131. The maximum absolute atomic E-state index is 12.3. The SMILES string of the molecule is Cc1ccc(NC(=O)c2sccc2C#CCN)c(C)c1. The molecule has 0 bridgehead atoms. The molecule has 2 aromatic rings. The Morgan fingerprint density at radius 2 is 2.15 bits per heavy atom. The van der Waals surface area contributed by atoms with Gasteiger partial charge in [-0.15, -0.1) is 11.3 Å². The zero-order valence-corrected chi connectivity index (χ0v) is 12.3. The van der Waals surface area contributed by atoms with Crippen LogP contribution < -0.4 is 11.1 Å². The smallest absolute Gasteiger partial charge is 0.267 e. The van der Waals surface area contributed by atoms with Crippen molar-refractivity contribution in [3.8, 4) is 11.8 Å². The highest BCUT2D eigenvalue weighted by atomic mass is 32.1. The second-order valence-corrected chi connectivity index (χ2v) is 5.36. The third-order valence-electron chi connectivity index (χ3n) is 2.83. The molecule has 3 nitrogen and oxygen atoms in total. The van der Waals surface area contributed by atoms with Crippen LogP contribution in [0, 0.1) is 25.7 Å². The summed E-state index contributed by atoms with van der Waals surface area (Å²) < 4.78 is 0. The fourth-order valence-electron chi connectivity index (χ4n) is 1.86. The van der Waals surface area contributed by atoms with Gasteiger partial charge in [-0.3, -0.25) is 4.79 Å². The Balaban J connectivity index is 2.22. The molecule has 1 aromatic carbocycles. The Morgan fingerprint density at radius 3 is 2.85 bits per heavy atom. The average molecular weight is 284 g/mol. The molecule has 0 fully saturated rings. The average Bonchev–Trinajstić information content (AvgIpc) is 2.88. The zero-order chi connectivity index (χ0) is 14.5. The second kappa shape index (κ2) is 6.38. The first-order valence-corrected chi connectivity index (χ1v) is 7.15. The number of rotatable bonds is 2. The predicted molar refractivity (Wildman–Crippen MR) is 84.1 cm³/mol. The van der Waals surface area contributed by atoms with Gasteiger partial charge in [0.05, 0.1) is 6.54 Å². The van der Waals surface area contributed by atoms with E-state index in [0.29, 0.717) is 4.88 Å². The summed E-state index contributed by atoms with van der Waals surface area (Å²) in [6.45, 7) is 4.29. The molecule has 1 amide bonds. The van der Waals surface area contributed by atoms with Gasteiger partial charge in [0.25, 0.3) is 5.91 Å². The number of thiophene rings is 1. The van der Waals surface area contributed by atoms with Crippen LogP contribution in [-0.4, -0.2) is 12.5 Å². The summed E-state index contributed by atoms with van der Waals surface area (Å²) in [6, 6.07) is 7.77. The van der Waals surface area contributed by atoms with Gasteiger partial charge in [-0.1, -0.05) is 29.5 Å². The molecule has 1 aromatic heterocycles. The van der Waals surface area contributed by atoms with E-state index in [1.54, 1.807) is 0 Å². The van der Waals surface area contributed by atoms with Crippen molar-refractivity contribution in [2.75, 3.05) is 11.9 Å². The van der Waals surface area contributed by atoms with Gasteiger partial charge in [-0.25, -0.2) is 0 Å². The number of hydrogen-bond donors (Lipinski definition) is 2. The van der Waals surface area contributed by atoms with Crippen LogP contribution in [0.5, 0.6) is 0 Å². The van der Waals surface area contributed by atoms with Crippen LogP contribution in [0.15, 0.2) is 29.6 Å². The fourth-order valence-corrected chi connectivity index (χ4v) is 2.61. The minimum Gasteiger partial charge on any atom is -0.321 e. The monoisotopic (exact) mass is 284 g/mol. The lowest BCUT2D eigenvalue weighted by Crippen LogP contribution is -2.12. The molecule has 0 radical (unpaired) electrons. The topological polar surface area (TPSA) is 55.1 Å². The number of hydrogen-bond acceptors (Lipinski definition) is 3. The van der Waals surface area contributed by atoms with E-state index in [2.05, 4.69) is 17.2 Å². The van der Waals surface area contributed by atoms with E-state index in [1.807, 2.05) is 43.5 Å². The number of aryl methyl sites for hydroxylation is 2. The van der Waals surface area contributed by atoms with Crippen molar-refractivity contribution in [3.05, 3.63) is 51.2 Å². The highest BCUT2D eigenvalue weighted by Gasteiger charge is 2.13. The van der Waals surface area contributed by atoms with Crippen molar-refractivity contribution in [3.63, 3.8) is 0 Å². The third-order valence-corrected chi connectivity index (χ3v) is 3.74. The molecule has 0 spiro atoms. The van der Waals surface area contributed by atoms with Crippen LogP contribution in [0.25, 0.3) is 0 Å². The molecule has 1 heterocycles. The molecule has 0 unspecified atom stereocenters. The molecular formula is C16H16N2OS. The minimum absolute atomic E-state index is 0.131. The van der Waals surface area contributed by atoms with Gasteiger partial charge < -0.3 is 11.1 Å². The Labute approximate surface area is 122 Å². The van der Waals surface area contributed by atoms with Crippen molar-refractivity contribution in [2.45, 2.75) is 13.8 Å². The Kier molecular flexibility index (Phi) is 4.57. The predicted octanol–water partition coefficient (Wildman–Crippen LogP) is 2.93. The van der Waals surface area contributed by atoms with Crippen molar-refractivity contribution >= 4 is 22.9 Å². The first-order valence-electron chi connectivity index (χ1n) is 6.27. The van der Waals surface area contributed by atoms with E-state index >= 15 is 0 Å². The second-order valence-electron chi connectivity index (χ2n) is 4.44. The van der Waals surface area contributed by atoms with E-state index in [4.69, 9.17) is 5.73 Å². The van der Waals surface area contributed by atoms with Crippen molar-refractivity contribution in [2.24, 2.45) is 5.73 Å². The molecule has 0 saturated heterocycles. The van der Waals surface area contributed by atoms with Gasteiger partial charge in [-0.05, 0) is 36.9 Å². The Bertz CT molecular complexity index is 692. The van der Waals surface area contributed by atoms with Crippen LogP contribution in [0.2, 0.25) is 0 Å². The van der Waals surface area contributed by atoms with E-state index < -0.39 is 0 Å². The molecule has 0 aliphatic carbocycles. The van der Waals surface area contributed by atoms with Crippen molar-refractivity contribution in [1.29, 1.82) is 0 Å². The molecule has 3 N–H and O–H groups in total. The number of anilines is 1. The van der Waals surface area contributed by atoms with Crippen molar-refractivity contribution in [1.82, 2.24) is 0 Å². The van der Waals surface area contributed by atoms with Gasteiger partial charge in [0.1, 0.15) is 4.88 Å². The van der Waals surface area contributed by atoms with E-state index in [-0.39, 0.29) is 12.5 Å². The van der Waals surface area contributed by atoms with E-state index in [0.717, 1.165) is 16.8 Å². The zero-order valence-electron chi connectivity index (χ0n) is 11.5. The standard InChI is InChI=1S/C16H16N2OS/c1-11-5-6-14(12(2)10-11)18-16(19)15-13(4-3-8-17)7-9-20-15/h5-7,9-10H,8,17H2,1-2H3,(H,18,19). The number of nitrogens with two attached hydrogens (primary N) is 1. The lowest BCUT2D eigenvalue weighted by atomic mass is 10.1. The highest BCUT2D eigenvalue weighted by molar-refractivity contribution is 7.12. The Morgan fingerprint density at radius 1 is 1.35 bits per heavy atom. The third kappa shape index (κ3) is 3.27. The molecule has 2 rings (SSSR count). The highest BCUT2D eigenvalue weighted by Crippen LogP contribution is 2.20. The number of amides is 1. The molecule has 0 saturated carbocycles. The quantitative estimate of drug-likeness (QED) is 0.833. The molecule has 0 aliphatic rings. The van der Waals surface area contributed by atoms with E-state index in [9.17, 15) is 4.79 Å². The molecular weight excluding hydrogens is 268 g/mol. The number of nitrogens with one attached hydrogen (secondary N) is 1. The normalized spacial score (nSPS) is 9.75. The summed E-state index contributed by atoms with van der Waals surface area (Å²) >= 11 is 1.38. The van der Waals surface area contributed by atoms with Gasteiger partial charge in [0.15, 0.2) is 0 Å². The first kappa shape index (κ1) is 14.3. The van der Waals surface area contributed by atoms with Crippen LogP contribution in [-0.2, 0) is 0 Å². The molecule has 4 heteroatoms. The summed E-state index contributed by atoms with van der Waals surface area (Å²) in [5, 5.41) is 4.79.